The van der Waals surface area contributed by atoms with E-state index in [1.54, 1.807) is 6.07 Å². The smallest absolute Gasteiger partial charge is 0.308 e. The highest BCUT2D eigenvalue weighted by Crippen LogP contribution is 2.25. The normalized spacial score (nSPS) is 18.1. The van der Waals surface area contributed by atoms with Gasteiger partial charge in [-0.05, 0) is 18.6 Å². The van der Waals surface area contributed by atoms with E-state index < -0.39 is 16.0 Å². The first kappa shape index (κ1) is 14.4. The van der Waals surface area contributed by atoms with Crippen LogP contribution in [0.5, 0.6) is 0 Å². The maximum Gasteiger partial charge on any atom is 0.308 e. The van der Waals surface area contributed by atoms with Gasteiger partial charge >= 0.3 is 5.97 Å². The van der Waals surface area contributed by atoms with E-state index in [0.717, 1.165) is 11.3 Å². The fourth-order valence-corrected chi connectivity index (χ4v) is 4.80. The number of thiophene rings is 1. The van der Waals surface area contributed by atoms with Crippen LogP contribution in [0.25, 0.3) is 0 Å². The number of aliphatic carboxylic acids is 1. The minimum Gasteiger partial charge on any atom is -0.481 e. The van der Waals surface area contributed by atoms with Gasteiger partial charge in [-0.2, -0.15) is 4.31 Å². The van der Waals surface area contributed by atoms with Gasteiger partial charge in [0.15, 0.2) is 0 Å². The molecular formula is C11H15NO5S2. The maximum atomic E-state index is 12.4. The second-order valence-corrected chi connectivity index (χ2v) is 7.49. The van der Waals surface area contributed by atoms with Crippen LogP contribution in [0.15, 0.2) is 16.3 Å². The molecule has 2 heterocycles. The molecule has 0 saturated carbocycles. The number of hydrogen-bond donors (Lipinski definition) is 1. The Balaban J connectivity index is 2.18. The van der Waals surface area contributed by atoms with Gasteiger partial charge in [-0.1, -0.05) is 0 Å². The van der Waals surface area contributed by atoms with Crippen LogP contribution in [-0.4, -0.2) is 50.1 Å². The summed E-state index contributed by atoms with van der Waals surface area (Å²) < 4.78 is 31.6. The summed E-state index contributed by atoms with van der Waals surface area (Å²) in [5, 5.41) is 8.70. The van der Waals surface area contributed by atoms with Crippen LogP contribution in [0.3, 0.4) is 0 Å². The molecular weight excluding hydrogens is 290 g/mol. The van der Waals surface area contributed by atoms with Gasteiger partial charge in [0.2, 0.25) is 0 Å². The molecule has 1 N–H and O–H groups in total. The number of hydrogen-bond acceptors (Lipinski definition) is 5. The largest absolute Gasteiger partial charge is 0.481 e. The SMILES string of the molecule is O=C(O)Cc1ccc(S(=O)(=O)N2CCCOCC2)s1. The second-order valence-electron chi connectivity index (χ2n) is 4.16. The Morgan fingerprint density at radius 2 is 2.16 bits per heavy atom. The van der Waals surface area contributed by atoms with E-state index in [4.69, 9.17) is 9.84 Å². The monoisotopic (exact) mass is 305 g/mol. The number of sulfonamides is 1. The van der Waals surface area contributed by atoms with E-state index >= 15 is 0 Å². The molecule has 1 aliphatic heterocycles. The van der Waals surface area contributed by atoms with Gasteiger partial charge < -0.3 is 9.84 Å². The second kappa shape index (κ2) is 6.00. The van der Waals surface area contributed by atoms with Crippen molar-refractivity contribution >= 4 is 27.3 Å². The number of carboxylic acids is 1. The van der Waals surface area contributed by atoms with E-state index in [0.29, 0.717) is 37.6 Å². The third-order valence-electron chi connectivity index (χ3n) is 2.74. The van der Waals surface area contributed by atoms with Crippen molar-refractivity contribution < 1.29 is 23.1 Å². The molecule has 19 heavy (non-hydrogen) atoms. The molecule has 6 nitrogen and oxygen atoms in total. The molecule has 2 rings (SSSR count). The van der Waals surface area contributed by atoms with Crippen molar-refractivity contribution in [2.45, 2.75) is 17.1 Å². The minimum absolute atomic E-state index is 0.150. The van der Waals surface area contributed by atoms with Gasteiger partial charge in [0.1, 0.15) is 4.21 Å². The fourth-order valence-electron chi connectivity index (χ4n) is 1.83. The van der Waals surface area contributed by atoms with Crippen LogP contribution in [-0.2, 0) is 26.0 Å². The third-order valence-corrected chi connectivity index (χ3v) is 6.19. The molecule has 1 saturated heterocycles. The average Bonchev–Trinajstić information content (AvgIpc) is 2.64. The Morgan fingerprint density at radius 1 is 1.37 bits per heavy atom. The Kier molecular flexibility index (Phi) is 4.56. The summed E-state index contributed by atoms with van der Waals surface area (Å²) in [6.45, 7) is 1.75. The predicted octanol–water partition coefficient (Wildman–Crippen LogP) is 0.786. The summed E-state index contributed by atoms with van der Waals surface area (Å²) in [7, 11) is -3.52. The van der Waals surface area contributed by atoms with Crippen LogP contribution in [0.2, 0.25) is 0 Å². The molecule has 0 aliphatic carbocycles. The Morgan fingerprint density at radius 3 is 2.89 bits per heavy atom. The van der Waals surface area contributed by atoms with Crippen LogP contribution >= 0.6 is 11.3 Å². The highest BCUT2D eigenvalue weighted by Gasteiger charge is 2.27. The van der Waals surface area contributed by atoms with E-state index in [9.17, 15) is 13.2 Å². The van der Waals surface area contributed by atoms with Crippen molar-refractivity contribution in [2.75, 3.05) is 26.3 Å². The molecule has 1 aromatic rings. The summed E-state index contributed by atoms with van der Waals surface area (Å²) >= 11 is 1.02. The van der Waals surface area contributed by atoms with E-state index in [2.05, 4.69) is 0 Å². The topological polar surface area (TPSA) is 83.9 Å². The molecule has 8 heteroatoms. The summed E-state index contributed by atoms with van der Waals surface area (Å²) in [4.78, 5) is 11.1. The van der Waals surface area contributed by atoms with Gasteiger partial charge in [0, 0.05) is 24.6 Å². The quantitative estimate of drug-likeness (QED) is 0.889. The Hall–Kier alpha value is -0.960. The van der Waals surface area contributed by atoms with E-state index in [-0.39, 0.29) is 10.6 Å². The van der Waals surface area contributed by atoms with Crippen molar-refractivity contribution in [3.8, 4) is 0 Å². The molecule has 0 atom stereocenters. The minimum atomic E-state index is -3.52. The molecule has 1 fully saturated rings. The molecule has 1 aliphatic rings. The van der Waals surface area contributed by atoms with Crippen molar-refractivity contribution in [3.05, 3.63) is 17.0 Å². The van der Waals surface area contributed by atoms with Crippen LogP contribution in [0.1, 0.15) is 11.3 Å². The first-order valence-electron chi connectivity index (χ1n) is 5.88. The average molecular weight is 305 g/mol. The lowest BCUT2D eigenvalue weighted by Gasteiger charge is -2.17. The third kappa shape index (κ3) is 3.53. The van der Waals surface area contributed by atoms with Crippen molar-refractivity contribution in [1.82, 2.24) is 4.31 Å². The molecule has 1 aromatic heterocycles. The van der Waals surface area contributed by atoms with Crippen molar-refractivity contribution in [2.24, 2.45) is 0 Å². The lowest BCUT2D eigenvalue weighted by Crippen LogP contribution is -2.32. The first-order valence-corrected chi connectivity index (χ1v) is 8.14. The van der Waals surface area contributed by atoms with Crippen molar-refractivity contribution in [1.29, 1.82) is 0 Å². The number of carboxylic acid groups (broad SMARTS) is 1. The zero-order chi connectivity index (χ0) is 13.9. The van der Waals surface area contributed by atoms with E-state index in [1.165, 1.54) is 10.4 Å². The lowest BCUT2D eigenvalue weighted by atomic mass is 10.3. The van der Waals surface area contributed by atoms with Crippen LogP contribution in [0, 0.1) is 0 Å². The van der Waals surface area contributed by atoms with E-state index in [1.807, 2.05) is 0 Å². The number of carbonyl (C=O) groups is 1. The number of rotatable bonds is 4. The molecule has 0 unspecified atom stereocenters. The zero-order valence-electron chi connectivity index (χ0n) is 10.2. The summed E-state index contributed by atoms with van der Waals surface area (Å²) in [6, 6.07) is 3.03. The van der Waals surface area contributed by atoms with Gasteiger partial charge in [0.25, 0.3) is 10.0 Å². The van der Waals surface area contributed by atoms with Gasteiger partial charge in [-0.25, -0.2) is 8.42 Å². The summed E-state index contributed by atoms with van der Waals surface area (Å²) in [5.41, 5.74) is 0. The molecule has 106 valence electrons. The standard InChI is InChI=1S/C11H15NO5S2/c13-10(14)8-9-2-3-11(18-9)19(15,16)12-4-1-6-17-7-5-12/h2-3H,1,4-8H2,(H,13,14). The lowest BCUT2D eigenvalue weighted by molar-refractivity contribution is -0.136. The number of nitrogens with zero attached hydrogens (tertiary/aromatic N) is 1. The molecule has 0 bridgehead atoms. The highest BCUT2D eigenvalue weighted by molar-refractivity contribution is 7.91. The Labute approximate surface area is 115 Å². The van der Waals surface area contributed by atoms with Crippen LogP contribution in [0.4, 0.5) is 0 Å². The zero-order valence-corrected chi connectivity index (χ0v) is 11.9. The van der Waals surface area contributed by atoms with Crippen LogP contribution < -0.4 is 0 Å². The summed E-state index contributed by atoms with van der Waals surface area (Å²) in [6.07, 6.45) is 0.524. The predicted molar refractivity (Wildman–Crippen MR) is 69.9 cm³/mol. The highest BCUT2D eigenvalue weighted by atomic mass is 32.2. The fraction of sp³-hybridized carbons (Fsp3) is 0.545. The van der Waals surface area contributed by atoms with Gasteiger partial charge in [0.05, 0.1) is 13.0 Å². The van der Waals surface area contributed by atoms with Gasteiger partial charge in [-0.15, -0.1) is 11.3 Å². The maximum absolute atomic E-state index is 12.4. The molecule has 0 radical (unpaired) electrons. The van der Waals surface area contributed by atoms with Gasteiger partial charge in [-0.3, -0.25) is 4.79 Å². The molecule has 0 spiro atoms. The summed E-state index contributed by atoms with van der Waals surface area (Å²) in [5.74, 6) is -0.964. The number of ether oxygens (including phenoxy) is 1. The van der Waals surface area contributed by atoms with Crippen molar-refractivity contribution in [3.63, 3.8) is 0 Å². The first-order chi connectivity index (χ1) is 9.00. The molecule has 0 aromatic carbocycles. The Bertz CT molecular complexity index is 543. The molecule has 0 amide bonds.